The lowest BCUT2D eigenvalue weighted by Crippen LogP contribution is -2.33. The monoisotopic (exact) mass is 430 g/mol. The van der Waals surface area contributed by atoms with Crippen LogP contribution in [0.4, 0.5) is 0 Å². The molecule has 0 saturated carbocycles. The molecule has 3 rings (SSSR count). The maximum absolute atomic E-state index is 12.5. The smallest absolute Gasteiger partial charge is 0.331 e. The van der Waals surface area contributed by atoms with Crippen molar-refractivity contribution in [2.45, 2.75) is 45.7 Å². The van der Waals surface area contributed by atoms with E-state index >= 15 is 0 Å². The molecule has 166 valence electrons. The molecule has 2 aromatic rings. The van der Waals surface area contributed by atoms with Crippen molar-refractivity contribution >= 4 is 11.6 Å². The minimum Gasteiger partial charge on any atom is -0.497 e. The zero-order valence-corrected chi connectivity index (χ0v) is 18.0. The maximum Gasteiger partial charge on any atom is 0.331 e. The van der Waals surface area contributed by atoms with Crippen LogP contribution in [0.15, 0.2) is 32.9 Å². The number of nitrogens with one attached hydrogen (secondary N) is 1. The standard InChI is InChI=1S/C21H26N4O6/c1-5-6-9-24-20(28)18(19(27)22-21(24)29)15-11-16(25(23-15)12(2)26)14-8-7-13(30-3)10-17(14)31-4/h7-8,10,16,28H,5-6,9,11H2,1-4H3,(H,22,27,29)/t16-/m1/s1. The fourth-order valence-corrected chi connectivity index (χ4v) is 3.63. The number of H-pyrrole nitrogens is 1. The molecule has 0 fully saturated rings. The fourth-order valence-electron chi connectivity index (χ4n) is 3.63. The zero-order chi connectivity index (χ0) is 22.7. The van der Waals surface area contributed by atoms with Crippen molar-refractivity contribution in [1.29, 1.82) is 0 Å². The number of hydrogen-bond donors (Lipinski definition) is 2. The van der Waals surface area contributed by atoms with Crippen LogP contribution in [0.2, 0.25) is 0 Å². The van der Waals surface area contributed by atoms with Crippen LogP contribution in [0, 0.1) is 0 Å². The molecule has 2 N–H and O–H groups in total. The van der Waals surface area contributed by atoms with Crippen molar-refractivity contribution in [2.24, 2.45) is 5.10 Å². The molecule has 10 nitrogen and oxygen atoms in total. The molecule has 0 bridgehead atoms. The van der Waals surface area contributed by atoms with Gasteiger partial charge in [0.05, 0.1) is 26.0 Å². The van der Waals surface area contributed by atoms with E-state index in [1.54, 1.807) is 18.2 Å². The van der Waals surface area contributed by atoms with E-state index in [4.69, 9.17) is 9.47 Å². The molecule has 0 unspecified atom stereocenters. The van der Waals surface area contributed by atoms with Crippen LogP contribution >= 0.6 is 0 Å². The molecule has 10 heteroatoms. The summed E-state index contributed by atoms with van der Waals surface area (Å²) >= 11 is 0. The number of unbranched alkanes of at least 4 members (excludes halogenated alkanes) is 1. The summed E-state index contributed by atoms with van der Waals surface area (Å²) in [4.78, 5) is 39.2. The lowest BCUT2D eigenvalue weighted by atomic mass is 9.98. The zero-order valence-electron chi connectivity index (χ0n) is 18.0. The molecule has 1 aliphatic heterocycles. The van der Waals surface area contributed by atoms with Gasteiger partial charge in [-0.2, -0.15) is 5.10 Å². The van der Waals surface area contributed by atoms with E-state index in [1.807, 2.05) is 6.92 Å². The van der Waals surface area contributed by atoms with Gasteiger partial charge in [0, 0.05) is 31.5 Å². The van der Waals surface area contributed by atoms with Crippen molar-refractivity contribution in [3.8, 4) is 17.4 Å². The first kappa shape index (κ1) is 22.1. The molecule has 1 atom stereocenters. The Labute approximate surface area is 178 Å². The molecule has 1 aromatic heterocycles. The van der Waals surface area contributed by atoms with Crippen molar-refractivity contribution in [2.75, 3.05) is 14.2 Å². The molecule has 0 spiro atoms. The molecule has 0 saturated heterocycles. The van der Waals surface area contributed by atoms with E-state index in [1.165, 1.54) is 26.2 Å². The summed E-state index contributed by atoms with van der Waals surface area (Å²) in [6.07, 6.45) is 1.61. The van der Waals surface area contributed by atoms with Gasteiger partial charge in [-0.3, -0.25) is 19.1 Å². The van der Waals surface area contributed by atoms with E-state index in [2.05, 4.69) is 10.1 Å². The summed E-state index contributed by atoms with van der Waals surface area (Å²) in [5.41, 5.74) is -0.665. The van der Waals surface area contributed by atoms with Gasteiger partial charge in [0.25, 0.3) is 5.56 Å². The van der Waals surface area contributed by atoms with E-state index < -0.39 is 23.2 Å². The first-order chi connectivity index (χ1) is 14.8. The number of hydrazone groups is 1. The molecule has 31 heavy (non-hydrogen) atoms. The topological polar surface area (TPSA) is 126 Å². The van der Waals surface area contributed by atoms with Crippen LogP contribution in [0.3, 0.4) is 0 Å². The molecule has 1 aliphatic rings. The number of aromatic amines is 1. The summed E-state index contributed by atoms with van der Waals surface area (Å²) in [6, 6.07) is 4.65. The molecule has 0 radical (unpaired) electrons. The maximum atomic E-state index is 12.5. The second-order valence-electron chi connectivity index (χ2n) is 7.20. The van der Waals surface area contributed by atoms with E-state index in [0.29, 0.717) is 23.5 Å². The van der Waals surface area contributed by atoms with Gasteiger partial charge >= 0.3 is 5.69 Å². The number of ether oxygens (including phenoxy) is 2. The van der Waals surface area contributed by atoms with Gasteiger partial charge in [0.15, 0.2) is 0 Å². The van der Waals surface area contributed by atoms with E-state index in [9.17, 15) is 19.5 Å². The minimum atomic E-state index is -0.750. The number of benzene rings is 1. The Hall–Kier alpha value is -3.56. The van der Waals surface area contributed by atoms with E-state index in [-0.39, 0.29) is 30.1 Å². The third-order valence-electron chi connectivity index (χ3n) is 5.23. The lowest BCUT2D eigenvalue weighted by molar-refractivity contribution is -0.130. The van der Waals surface area contributed by atoms with Crippen LogP contribution in [0.1, 0.15) is 50.3 Å². The summed E-state index contributed by atoms with van der Waals surface area (Å²) in [5.74, 6) is 0.296. The Morgan fingerprint density at radius 1 is 1.29 bits per heavy atom. The largest absolute Gasteiger partial charge is 0.497 e. The second kappa shape index (κ2) is 9.07. The Morgan fingerprint density at radius 3 is 2.65 bits per heavy atom. The minimum absolute atomic E-state index is 0.114. The SMILES string of the molecule is CCCCn1c(O)c(C2=NN(C(C)=O)[C@@H](c3ccc(OC)cc3OC)C2)c(=O)[nH]c1=O. The summed E-state index contributed by atoms with van der Waals surface area (Å²) in [6.45, 7) is 3.57. The Bertz CT molecular complexity index is 1130. The van der Waals surface area contributed by atoms with Gasteiger partial charge < -0.3 is 14.6 Å². The number of carbonyl (C=O) groups excluding carboxylic acids is 1. The predicted molar refractivity (Wildman–Crippen MR) is 114 cm³/mol. The van der Waals surface area contributed by atoms with Gasteiger partial charge in [-0.25, -0.2) is 9.80 Å². The fraction of sp³-hybridized carbons (Fsp3) is 0.429. The number of aromatic hydroxyl groups is 1. The number of carbonyl (C=O) groups is 1. The molecule has 1 amide bonds. The highest BCUT2D eigenvalue weighted by atomic mass is 16.5. The van der Waals surface area contributed by atoms with Crippen LogP contribution in [-0.2, 0) is 11.3 Å². The van der Waals surface area contributed by atoms with Crippen LogP contribution in [0.25, 0.3) is 0 Å². The molecule has 2 heterocycles. The third-order valence-corrected chi connectivity index (χ3v) is 5.23. The van der Waals surface area contributed by atoms with Gasteiger partial charge in [-0.15, -0.1) is 0 Å². The van der Waals surface area contributed by atoms with Crippen molar-refractivity contribution < 1.29 is 19.4 Å². The Morgan fingerprint density at radius 2 is 2.03 bits per heavy atom. The average Bonchev–Trinajstić information content (AvgIpc) is 3.17. The van der Waals surface area contributed by atoms with Crippen molar-refractivity contribution in [3.05, 3.63) is 50.2 Å². The van der Waals surface area contributed by atoms with Gasteiger partial charge in [-0.1, -0.05) is 13.3 Å². The molecular weight excluding hydrogens is 404 g/mol. The number of rotatable bonds is 7. The van der Waals surface area contributed by atoms with E-state index in [0.717, 1.165) is 11.0 Å². The molecule has 0 aliphatic carbocycles. The Balaban J connectivity index is 2.08. The van der Waals surface area contributed by atoms with Crippen LogP contribution < -0.4 is 20.7 Å². The van der Waals surface area contributed by atoms with Gasteiger partial charge in [0.1, 0.15) is 17.1 Å². The van der Waals surface area contributed by atoms with Crippen molar-refractivity contribution in [1.82, 2.24) is 14.6 Å². The first-order valence-electron chi connectivity index (χ1n) is 9.98. The second-order valence-corrected chi connectivity index (χ2v) is 7.20. The first-order valence-corrected chi connectivity index (χ1v) is 9.98. The predicted octanol–water partition coefficient (Wildman–Crippen LogP) is 1.76. The number of aromatic nitrogens is 2. The van der Waals surface area contributed by atoms with Gasteiger partial charge in [-0.05, 0) is 18.6 Å². The number of methoxy groups -OCH3 is 2. The normalized spacial score (nSPS) is 15.7. The van der Waals surface area contributed by atoms with Crippen LogP contribution in [0.5, 0.6) is 17.4 Å². The number of amides is 1. The highest BCUT2D eigenvalue weighted by molar-refractivity contribution is 6.04. The quantitative estimate of drug-likeness (QED) is 0.689. The van der Waals surface area contributed by atoms with Crippen molar-refractivity contribution in [3.63, 3.8) is 0 Å². The highest BCUT2D eigenvalue weighted by Gasteiger charge is 2.36. The number of nitrogens with zero attached hydrogens (tertiary/aromatic N) is 3. The summed E-state index contributed by atoms with van der Waals surface area (Å²) in [5, 5.41) is 16.3. The average molecular weight is 430 g/mol. The lowest BCUT2D eigenvalue weighted by Gasteiger charge is -2.22. The van der Waals surface area contributed by atoms with Gasteiger partial charge in [0.2, 0.25) is 11.8 Å². The highest BCUT2D eigenvalue weighted by Crippen LogP contribution is 2.39. The molecule has 1 aromatic carbocycles. The number of hydrogen-bond acceptors (Lipinski definition) is 7. The summed E-state index contributed by atoms with van der Waals surface area (Å²) < 4.78 is 11.8. The van der Waals surface area contributed by atoms with Crippen LogP contribution in [-0.4, -0.2) is 45.5 Å². The molecular formula is C21H26N4O6. The Kier molecular flexibility index (Phi) is 6.47. The third kappa shape index (κ3) is 4.18. The summed E-state index contributed by atoms with van der Waals surface area (Å²) in [7, 11) is 3.04.